The normalized spacial score (nSPS) is 17.5. The predicted octanol–water partition coefficient (Wildman–Crippen LogP) is 3.21. The van der Waals surface area contributed by atoms with Gasteiger partial charge in [-0.3, -0.25) is 14.7 Å². The third-order valence-corrected chi connectivity index (χ3v) is 6.29. The van der Waals surface area contributed by atoms with Crippen LogP contribution in [0, 0.1) is 6.92 Å². The molecule has 8 heteroatoms. The SMILES string of the molecule is Cc1[nH]nc2cc(C(=O)N3CCC4(CC3)CC(=O)c3cc(C(=O)O)ccc3O4)ccc12. The van der Waals surface area contributed by atoms with E-state index < -0.39 is 11.6 Å². The highest BCUT2D eigenvalue weighted by atomic mass is 16.5. The summed E-state index contributed by atoms with van der Waals surface area (Å²) in [5.74, 6) is -0.846. The van der Waals surface area contributed by atoms with Gasteiger partial charge in [-0.05, 0) is 37.3 Å². The first-order chi connectivity index (χ1) is 14.8. The van der Waals surface area contributed by atoms with E-state index in [1.807, 2.05) is 19.1 Å². The Labute approximate surface area is 177 Å². The highest BCUT2D eigenvalue weighted by Crippen LogP contribution is 2.40. The number of nitrogens with one attached hydrogen (secondary N) is 1. The van der Waals surface area contributed by atoms with Gasteiger partial charge in [-0.25, -0.2) is 4.79 Å². The summed E-state index contributed by atoms with van der Waals surface area (Å²) in [5, 5.41) is 17.3. The summed E-state index contributed by atoms with van der Waals surface area (Å²) >= 11 is 0. The number of aromatic nitrogens is 2. The number of likely N-dealkylation sites (tertiary alicyclic amines) is 1. The topological polar surface area (TPSA) is 113 Å². The number of Topliss-reactive ketones (excluding diaryl/α,β-unsaturated/α-hetero) is 1. The minimum absolute atomic E-state index is 0.0639. The van der Waals surface area contributed by atoms with Gasteiger partial charge >= 0.3 is 5.97 Å². The van der Waals surface area contributed by atoms with Gasteiger partial charge in [0.05, 0.1) is 23.1 Å². The van der Waals surface area contributed by atoms with Gasteiger partial charge in [0.15, 0.2) is 5.78 Å². The molecule has 2 aromatic carbocycles. The number of carboxylic acid groups (broad SMARTS) is 1. The zero-order valence-electron chi connectivity index (χ0n) is 17.0. The second-order valence-corrected chi connectivity index (χ2v) is 8.27. The number of aromatic amines is 1. The highest BCUT2D eigenvalue weighted by Gasteiger charge is 2.44. The average Bonchev–Trinajstić information content (AvgIpc) is 3.13. The number of hydrogen-bond donors (Lipinski definition) is 2. The van der Waals surface area contributed by atoms with E-state index in [2.05, 4.69) is 10.2 Å². The van der Waals surface area contributed by atoms with E-state index in [0.717, 1.165) is 16.6 Å². The fraction of sp³-hybridized carbons (Fsp3) is 0.304. The van der Waals surface area contributed by atoms with Crippen LogP contribution in [0.15, 0.2) is 36.4 Å². The number of piperidine rings is 1. The van der Waals surface area contributed by atoms with Crippen LogP contribution in [0.4, 0.5) is 0 Å². The lowest BCUT2D eigenvalue weighted by Gasteiger charge is -2.44. The number of aromatic carboxylic acids is 1. The van der Waals surface area contributed by atoms with Crippen molar-refractivity contribution < 1.29 is 24.2 Å². The summed E-state index contributed by atoms with van der Waals surface area (Å²) in [6, 6.07) is 9.88. The van der Waals surface area contributed by atoms with Crippen molar-refractivity contribution in [1.82, 2.24) is 15.1 Å². The fourth-order valence-corrected chi connectivity index (χ4v) is 4.48. The van der Waals surface area contributed by atoms with E-state index in [-0.39, 0.29) is 23.7 Å². The van der Waals surface area contributed by atoms with E-state index >= 15 is 0 Å². The molecule has 31 heavy (non-hydrogen) atoms. The zero-order chi connectivity index (χ0) is 21.8. The summed E-state index contributed by atoms with van der Waals surface area (Å²) in [7, 11) is 0. The second kappa shape index (κ2) is 6.94. The van der Waals surface area contributed by atoms with E-state index in [1.165, 1.54) is 12.1 Å². The van der Waals surface area contributed by atoms with E-state index in [0.29, 0.717) is 42.8 Å². The number of ether oxygens (including phenoxy) is 1. The largest absolute Gasteiger partial charge is 0.486 e. The van der Waals surface area contributed by atoms with Crippen molar-refractivity contribution in [3.8, 4) is 5.75 Å². The number of carbonyl (C=O) groups excluding carboxylic acids is 2. The molecule has 1 aromatic heterocycles. The number of hydrogen-bond acceptors (Lipinski definition) is 5. The molecule has 5 rings (SSSR count). The van der Waals surface area contributed by atoms with Crippen molar-refractivity contribution in [2.45, 2.75) is 31.8 Å². The second-order valence-electron chi connectivity index (χ2n) is 8.27. The maximum Gasteiger partial charge on any atom is 0.335 e. The lowest BCUT2D eigenvalue weighted by Crippen LogP contribution is -2.52. The molecule has 0 atom stereocenters. The molecule has 8 nitrogen and oxygen atoms in total. The summed E-state index contributed by atoms with van der Waals surface area (Å²) < 4.78 is 6.19. The standard InChI is InChI=1S/C23H21N3O5/c1-13-16-4-2-14(11-18(16)25-24-13)21(28)26-8-6-23(7-9-26)12-19(27)17-10-15(22(29)30)3-5-20(17)31-23/h2-5,10-11H,6-9,12H2,1H3,(H,24,25)(H,29,30). The quantitative estimate of drug-likeness (QED) is 0.660. The minimum atomic E-state index is -1.08. The van der Waals surface area contributed by atoms with Gasteiger partial charge in [0.1, 0.15) is 11.4 Å². The number of aryl methyl sites for hydroxylation is 1. The van der Waals surface area contributed by atoms with E-state index in [9.17, 15) is 14.4 Å². The van der Waals surface area contributed by atoms with Crippen LogP contribution in [0.1, 0.15) is 56.0 Å². The molecule has 0 saturated carbocycles. The van der Waals surface area contributed by atoms with Gasteiger partial charge in [-0.2, -0.15) is 5.10 Å². The van der Waals surface area contributed by atoms with Crippen LogP contribution in [-0.4, -0.2) is 56.6 Å². The monoisotopic (exact) mass is 419 g/mol. The number of carboxylic acids is 1. The molecule has 0 unspecified atom stereocenters. The van der Waals surface area contributed by atoms with Crippen LogP contribution in [0.3, 0.4) is 0 Å². The smallest absolute Gasteiger partial charge is 0.335 e. The Bertz CT molecular complexity index is 1240. The van der Waals surface area contributed by atoms with Crippen molar-refractivity contribution in [2.24, 2.45) is 0 Å². The molecule has 0 aliphatic carbocycles. The molecule has 3 heterocycles. The maximum absolute atomic E-state index is 13.0. The molecule has 2 aliphatic heterocycles. The lowest BCUT2D eigenvalue weighted by molar-refractivity contribution is -0.00570. The number of amides is 1. The third-order valence-electron chi connectivity index (χ3n) is 6.29. The molecule has 1 amide bonds. The Balaban J connectivity index is 1.32. The molecule has 1 saturated heterocycles. The van der Waals surface area contributed by atoms with Crippen LogP contribution >= 0.6 is 0 Å². The van der Waals surface area contributed by atoms with Gasteiger partial charge in [0, 0.05) is 42.6 Å². The van der Waals surface area contributed by atoms with Gasteiger partial charge in [-0.15, -0.1) is 0 Å². The summed E-state index contributed by atoms with van der Waals surface area (Å²) in [6.07, 6.45) is 1.26. The molecule has 2 N–H and O–H groups in total. The van der Waals surface area contributed by atoms with Gasteiger partial charge in [0.25, 0.3) is 5.91 Å². The Morgan fingerprint density at radius 3 is 2.61 bits per heavy atom. The molecule has 158 valence electrons. The number of benzene rings is 2. The van der Waals surface area contributed by atoms with Gasteiger partial charge < -0.3 is 14.7 Å². The first-order valence-electron chi connectivity index (χ1n) is 10.2. The van der Waals surface area contributed by atoms with Crippen molar-refractivity contribution in [2.75, 3.05) is 13.1 Å². The minimum Gasteiger partial charge on any atom is -0.486 e. The van der Waals surface area contributed by atoms with Crippen LogP contribution in [0.2, 0.25) is 0 Å². The van der Waals surface area contributed by atoms with Gasteiger partial charge in [-0.1, -0.05) is 6.07 Å². The Morgan fingerprint density at radius 2 is 1.87 bits per heavy atom. The number of carbonyl (C=O) groups is 3. The highest BCUT2D eigenvalue weighted by molar-refractivity contribution is 6.03. The van der Waals surface area contributed by atoms with E-state index in [4.69, 9.17) is 9.84 Å². The summed E-state index contributed by atoms with van der Waals surface area (Å²) in [6.45, 7) is 2.89. The molecule has 1 fully saturated rings. The molecule has 1 spiro atoms. The Morgan fingerprint density at radius 1 is 1.13 bits per heavy atom. The molecule has 2 aliphatic rings. The number of ketones is 1. The molecule has 3 aromatic rings. The van der Waals surface area contributed by atoms with Crippen LogP contribution in [0.5, 0.6) is 5.75 Å². The van der Waals surface area contributed by atoms with Gasteiger partial charge in [0.2, 0.25) is 0 Å². The number of fused-ring (bicyclic) bond motifs is 2. The van der Waals surface area contributed by atoms with Crippen molar-refractivity contribution in [3.63, 3.8) is 0 Å². The average molecular weight is 419 g/mol. The Kier molecular flexibility index (Phi) is 4.32. The summed E-state index contributed by atoms with van der Waals surface area (Å²) in [4.78, 5) is 38.7. The summed E-state index contributed by atoms with van der Waals surface area (Å²) in [5.41, 5.74) is 2.03. The van der Waals surface area contributed by atoms with Crippen molar-refractivity contribution in [3.05, 3.63) is 58.8 Å². The van der Waals surface area contributed by atoms with Crippen molar-refractivity contribution >= 4 is 28.6 Å². The zero-order valence-corrected chi connectivity index (χ0v) is 17.0. The van der Waals surface area contributed by atoms with Crippen LogP contribution in [-0.2, 0) is 0 Å². The number of H-pyrrole nitrogens is 1. The predicted molar refractivity (Wildman–Crippen MR) is 112 cm³/mol. The van der Waals surface area contributed by atoms with E-state index in [1.54, 1.807) is 17.0 Å². The molecule has 0 bridgehead atoms. The molecular formula is C23H21N3O5. The first kappa shape index (κ1) is 19.3. The third kappa shape index (κ3) is 3.24. The maximum atomic E-state index is 13.0. The molecule has 0 radical (unpaired) electrons. The Hall–Kier alpha value is -3.68. The number of nitrogens with zero attached hydrogens (tertiary/aromatic N) is 2. The molecular weight excluding hydrogens is 398 g/mol. The van der Waals surface area contributed by atoms with Crippen molar-refractivity contribution in [1.29, 1.82) is 0 Å². The fourth-order valence-electron chi connectivity index (χ4n) is 4.48. The number of rotatable bonds is 2. The van der Waals surface area contributed by atoms with Crippen LogP contribution in [0.25, 0.3) is 10.9 Å². The lowest BCUT2D eigenvalue weighted by atomic mass is 9.82. The van der Waals surface area contributed by atoms with Crippen LogP contribution < -0.4 is 4.74 Å². The first-order valence-corrected chi connectivity index (χ1v) is 10.2.